The average molecular weight is 281 g/mol. The van der Waals surface area contributed by atoms with Crippen molar-refractivity contribution < 1.29 is 14.7 Å². The fourth-order valence-corrected chi connectivity index (χ4v) is 3.42. The summed E-state index contributed by atoms with van der Waals surface area (Å²) < 4.78 is 0. The first-order valence-electron chi connectivity index (χ1n) is 6.45. The van der Waals surface area contributed by atoms with E-state index in [1.54, 1.807) is 11.8 Å². The van der Waals surface area contributed by atoms with Crippen LogP contribution in [0.3, 0.4) is 0 Å². The first-order chi connectivity index (χ1) is 8.85. The Kier molecular flexibility index (Phi) is 3.67. The predicted molar refractivity (Wildman–Crippen MR) is 74.7 cm³/mol. The number of likely N-dealkylation sites (tertiary alicyclic amines) is 1. The third kappa shape index (κ3) is 2.52. The summed E-state index contributed by atoms with van der Waals surface area (Å²) in [6.07, 6.45) is 0.524. The van der Waals surface area contributed by atoms with Gasteiger partial charge in [0.05, 0.1) is 10.3 Å². The Morgan fingerprint density at radius 3 is 2.68 bits per heavy atom. The maximum Gasteiger partial charge on any atom is 0.311 e. The molecule has 1 fully saturated rings. The molecule has 0 aromatic carbocycles. The Hall–Kier alpha value is -1.36. The van der Waals surface area contributed by atoms with Gasteiger partial charge in [0.2, 0.25) is 0 Å². The number of thiophene rings is 1. The summed E-state index contributed by atoms with van der Waals surface area (Å²) in [5, 5.41) is 11.1. The topological polar surface area (TPSA) is 57.6 Å². The summed E-state index contributed by atoms with van der Waals surface area (Å²) in [5.74, 6) is -0.541. The summed E-state index contributed by atoms with van der Waals surface area (Å²) in [4.78, 5) is 26.1. The van der Waals surface area contributed by atoms with E-state index in [0.717, 1.165) is 10.4 Å². The van der Waals surface area contributed by atoms with Crippen LogP contribution in [-0.4, -0.2) is 35.0 Å². The summed E-state index contributed by atoms with van der Waals surface area (Å²) in [6, 6.07) is 1.98. The quantitative estimate of drug-likeness (QED) is 0.927. The van der Waals surface area contributed by atoms with Crippen molar-refractivity contribution in [1.29, 1.82) is 0 Å². The van der Waals surface area contributed by atoms with Gasteiger partial charge in [0, 0.05) is 13.1 Å². The lowest BCUT2D eigenvalue weighted by Gasteiger charge is -2.20. The molecule has 1 aliphatic rings. The van der Waals surface area contributed by atoms with Gasteiger partial charge in [-0.1, -0.05) is 13.8 Å². The maximum absolute atomic E-state index is 12.5. The zero-order valence-corrected chi connectivity index (χ0v) is 12.3. The zero-order valence-electron chi connectivity index (χ0n) is 11.5. The molecule has 2 heterocycles. The van der Waals surface area contributed by atoms with E-state index in [9.17, 15) is 14.7 Å². The van der Waals surface area contributed by atoms with Crippen LogP contribution in [0.2, 0.25) is 0 Å². The van der Waals surface area contributed by atoms with Crippen molar-refractivity contribution in [3.05, 3.63) is 21.9 Å². The van der Waals surface area contributed by atoms with Crippen LogP contribution in [0.5, 0.6) is 0 Å². The molecule has 1 saturated heterocycles. The van der Waals surface area contributed by atoms with E-state index in [1.807, 2.05) is 11.4 Å². The third-order valence-corrected chi connectivity index (χ3v) is 4.71. The standard InChI is InChI=1S/C14H19NO3S/c1-9(2)10-4-7-19-11(10)12(16)15-6-5-14(3,8-15)13(17)18/h4,7,9H,5-6,8H2,1-3H3,(H,17,18)/t14-/m1/s1. The number of hydrogen-bond acceptors (Lipinski definition) is 3. The molecule has 0 aliphatic carbocycles. The largest absolute Gasteiger partial charge is 0.481 e. The summed E-state index contributed by atoms with van der Waals surface area (Å²) >= 11 is 1.44. The van der Waals surface area contributed by atoms with Gasteiger partial charge in [-0.25, -0.2) is 0 Å². The molecule has 0 spiro atoms. The molecule has 0 radical (unpaired) electrons. The van der Waals surface area contributed by atoms with E-state index in [4.69, 9.17) is 0 Å². The van der Waals surface area contributed by atoms with Gasteiger partial charge in [0.15, 0.2) is 0 Å². The average Bonchev–Trinajstić information content (AvgIpc) is 2.95. The van der Waals surface area contributed by atoms with Gasteiger partial charge in [-0.05, 0) is 36.3 Å². The van der Waals surface area contributed by atoms with Crippen LogP contribution in [-0.2, 0) is 4.79 Å². The van der Waals surface area contributed by atoms with E-state index in [2.05, 4.69) is 13.8 Å². The number of nitrogens with zero attached hydrogens (tertiary/aromatic N) is 1. The highest BCUT2D eigenvalue weighted by molar-refractivity contribution is 7.12. The zero-order chi connectivity index (χ0) is 14.2. The summed E-state index contributed by atoms with van der Waals surface area (Å²) in [6.45, 7) is 6.66. The molecule has 0 bridgehead atoms. The van der Waals surface area contributed by atoms with E-state index >= 15 is 0 Å². The molecule has 1 aromatic rings. The molecular weight excluding hydrogens is 262 g/mol. The predicted octanol–water partition coefficient (Wildman–Crippen LogP) is 2.81. The van der Waals surface area contributed by atoms with E-state index < -0.39 is 11.4 Å². The van der Waals surface area contributed by atoms with Crippen LogP contribution in [0.1, 0.15) is 48.3 Å². The molecule has 1 atom stereocenters. The van der Waals surface area contributed by atoms with Gasteiger partial charge in [0.25, 0.3) is 5.91 Å². The Balaban J connectivity index is 2.18. The monoisotopic (exact) mass is 281 g/mol. The number of hydrogen-bond donors (Lipinski definition) is 1. The molecule has 1 amide bonds. The number of carboxylic acids is 1. The lowest BCUT2D eigenvalue weighted by atomic mass is 9.90. The molecule has 0 unspecified atom stereocenters. The number of carboxylic acid groups (broad SMARTS) is 1. The Labute approximate surface area is 117 Å². The number of carbonyl (C=O) groups excluding carboxylic acids is 1. The lowest BCUT2D eigenvalue weighted by molar-refractivity contribution is -0.147. The number of carbonyl (C=O) groups is 2. The highest BCUT2D eigenvalue weighted by atomic mass is 32.1. The molecule has 19 heavy (non-hydrogen) atoms. The van der Waals surface area contributed by atoms with Crippen LogP contribution >= 0.6 is 11.3 Å². The summed E-state index contributed by atoms with van der Waals surface area (Å²) in [5.41, 5.74) is 0.254. The minimum Gasteiger partial charge on any atom is -0.481 e. The summed E-state index contributed by atoms with van der Waals surface area (Å²) in [7, 11) is 0. The van der Waals surface area contributed by atoms with Gasteiger partial charge in [-0.15, -0.1) is 11.3 Å². The second-order valence-electron chi connectivity index (χ2n) is 5.70. The van der Waals surface area contributed by atoms with Crippen molar-refractivity contribution in [2.45, 2.75) is 33.1 Å². The van der Waals surface area contributed by atoms with Crippen molar-refractivity contribution >= 4 is 23.2 Å². The Morgan fingerprint density at radius 1 is 1.47 bits per heavy atom. The van der Waals surface area contributed by atoms with Crippen LogP contribution < -0.4 is 0 Å². The number of amides is 1. The number of aliphatic carboxylic acids is 1. The molecule has 5 heteroatoms. The third-order valence-electron chi connectivity index (χ3n) is 3.79. The second-order valence-corrected chi connectivity index (χ2v) is 6.62. The molecule has 1 N–H and O–H groups in total. The van der Waals surface area contributed by atoms with Gasteiger partial charge in [-0.3, -0.25) is 9.59 Å². The van der Waals surface area contributed by atoms with Crippen LogP contribution in [0.25, 0.3) is 0 Å². The molecule has 0 saturated carbocycles. The Morgan fingerprint density at radius 2 is 2.16 bits per heavy atom. The number of rotatable bonds is 3. The van der Waals surface area contributed by atoms with Gasteiger partial charge in [-0.2, -0.15) is 0 Å². The van der Waals surface area contributed by atoms with Crippen molar-refractivity contribution in [3.63, 3.8) is 0 Å². The van der Waals surface area contributed by atoms with E-state index in [-0.39, 0.29) is 5.91 Å². The first kappa shape index (κ1) is 14.1. The van der Waals surface area contributed by atoms with Gasteiger partial charge < -0.3 is 10.0 Å². The molecular formula is C14H19NO3S. The maximum atomic E-state index is 12.5. The van der Waals surface area contributed by atoms with Gasteiger partial charge >= 0.3 is 5.97 Å². The Bertz CT molecular complexity index is 509. The normalized spacial score (nSPS) is 23.1. The van der Waals surface area contributed by atoms with Crippen molar-refractivity contribution in [1.82, 2.24) is 4.90 Å². The van der Waals surface area contributed by atoms with Crippen LogP contribution in [0.4, 0.5) is 0 Å². The van der Waals surface area contributed by atoms with Crippen molar-refractivity contribution in [3.8, 4) is 0 Å². The SMILES string of the molecule is CC(C)c1ccsc1C(=O)N1CC[C@@](C)(C(=O)O)C1. The molecule has 104 valence electrons. The van der Waals surface area contributed by atoms with Crippen LogP contribution in [0.15, 0.2) is 11.4 Å². The minimum absolute atomic E-state index is 0.0244. The highest BCUT2D eigenvalue weighted by Gasteiger charge is 2.42. The first-order valence-corrected chi connectivity index (χ1v) is 7.33. The van der Waals surface area contributed by atoms with Crippen LogP contribution in [0, 0.1) is 5.41 Å². The molecule has 4 nitrogen and oxygen atoms in total. The fraction of sp³-hybridized carbons (Fsp3) is 0.571. The minimum atomic E-state index is -0.821. The highest BCUT2D eigenvalue weighted by Crippen LogP contribution is 2.33. The molecule has 1 aliphatic heterocycles. The van der Waals surface area contributed by atoms with E-state index in [0.29, 0.717) is 25.4 Å². The van der Waals surface area contributed by atoms with E-state index in [1.165, 1.54) is 11.3 Å². The second kappa shape index (κ2) is 4.96. The molecule has 2 rings (SSSR count). The molecule has 1 aromatic heterocycles. The van der Waals surface area contributed by atoms with Crippen molar-refractivity contribution in [2.75, 3.05) is 13.1 Å². The lowest BCUT2D eigenvalue weighted by Crippen LogP contribution is -2.34. The smallest absolute Gasteiger partial charge is 0.311 e. The van der Waals surface area contributed by atoms with Gasteiger partial charge in [0.1, 0.15) is 0 Å². The van der Waals surface area contributed by atoms with Crippen molar-refractivity contribution in [2.24, 2.45) is 5.41 Å². The fourth-order valence-electron chi connectivity index (χ4n) is 2.40.